The lowest BCUT2D eigenvalue weighted by atomic mass is 10.3. The van der Waals surface area contributed by atoms with Crippen molar-refractivity contribution in [2.45, 2.75) is 18.6 Å². The first kappa shape index (κ1) is 22.4. The van der Waals surface area contributed by atoms with Crippen LogP contribution < -0.4 is 5.32 Å². The van der Waals surface area contributed by atoms with Gasteiger partial charge < -0.3 is 28.4 Å². The zero-order valence-corrected chi connectivity index (χ0v) is 18.0. The van der Waals surface area contributed by atoms with Gasteiger partial charge in [-0.2, -0.15) is 0 Å². The average Bonchev–Trinajstić information content (AvgIpc) is 3.07. The molecule has 1 heterocycles. The number of nitrogens with one attached hydrogen (secondary N) is 1. The van der Waals surface area contributed by atoms with E-state index in [9.17, 15) is 9.50 Å². The maximum Gasteiger partial charge on any atom is 0.500 e. The van der Waals surface area contributed by atoms with E-state index in [1.807, 2.05) is 0 Å². The minimum Gasteiger partial charge on any atom is -0.389 e. The summed E-state index contributed by atoms with van der Waals surface area (Å²) >= 11 is 7.26. The van der Waals surface area contributed by atoms with Crippen molar-refractivity contribution in [1.82, 2.24) is 4.98 Å². The monoisotopic (exact) mass is 438 g/mol. The minimum absolute atomic E-state index is 0.175. The molecule has 1 aromatic heterocycles. The number of halogens is 2. The largest absolute Gasteiger partial charge is 0.500 e. The highest BCUT2D eigenvalue weighted by molar-refractivity contribution is 7.22. The summed E-state index contributed by atoms with van der Waals surface area (Å²) in [6.45, 7) is 0.888. The van der Waals surface area contributed by atoms with Gasteiger partial charge in [-0.15, -0.1) is 0 Å². The second kappa shape index (κ2) is 10.6. The molecule has 0 aliphatic rings. The number of aliphatic hydroxyl groups excluding tert-OH is 1. The Labute approximate surface area is 167 Å². The first-order valence-electron chi connectivity index (χ1n) is 8.33. The van der Waals surface area contributed by atoms with Crippen molar-refractivity contribution in [3.05, 3.63) is 23.0 Å². The molecule has 0 amide bonds. The lowest BCUT2D eigenvalue weighted by Crippen LogP contribution is -2.42. The Bertz CT molecular complexity index is 726. The van der Waals surface area contributed by atoms with Gasteiger partial charge in [0.15, 0.2) is 5.13 Å². The highest BCUT2D eigenvalue weighted by Crippen LogP contribution is 2.31. The SMILES string of the molecule is CO[Si](CCCOCC(O)CNc1nc2c(Cl)cc(F)cc2s1)(OC)OC. The maximum absolute atomic E-state index is 13.4. The quantitative estimate of drug-likeness (QED) is 0.389. The molecule has 2 aromatic rings. The zero-order chi connectivity index (χ0) is 19.9. The molecule has 0 saturated heterocycles. The molecule has 0 radical (unpaired) electrons. The molecule has 1 aromatic carbocycles. The number of fused-ring (bicyclic) bond motifs is 1. The lowest BCUT2D eigenvalue weighted by molar-refractivity contribution is 0.0412. The third kappa shape index (κ3) is 6.33. The van der Waals surface area contributed by atoms with Crippen LogP contribution in [-0.2, 0) is 18.0 Å². The molecule has 0 aliphatic heterocycles. The van der Waals surface area contributed by atoms with E-state index in [1.165, 1.54) is 23.5 Å². The average molecular weight is 439 g/mol. The number of aliphatic hydroxyl groups is 1. The number of hydrogen-bond donors (Lipinski definition) is 2. The van der Waals surface area contributed by atoms with E-state index in [0.29, 0.717) is 34.4 Å². The standard InChI is InChI=1S/C16H24ClFN2O5SSi/c1-22-27(23-2,24-3)6-4-5-25-10-12(21)9-19-16-20-15-13(17)7-11(18)8-14(15)26-16/h7-8,12,21H,4-6,9-10H2,1-3H3,(H,19,20). The number of benzene rings is 1. The van der Waals surface area contributed by atoms with E-state index in [4.69, 9.17) is 29.6 Å². The van der Waals surface area contributed by atoms with Crippen molar-refractivity contribution in [1.29, 1.82) is 0 Å². The molecule has 0 aliphatic carbocycles. The summed E-state index contributed by atoms with van der Waals surface area (Å²) in [5.41, 5.74) is 0.540. The van der Waals surface area contributed by atoms with Gasteiger partial charge >= 0.3 is 8.80 Å². The van der Waals surface area contributed by atoms with Gasteiger partial charge in [0.05, 0.1) is 22.4 Å². The van der Waals surface area contributed by atoms with Gasteiger partial charge in [-0.25, -0.2) is 9.37 Å². The molecule has 2 rings (SSSR count). The van der Waals surface area contributed by atoms with Crippen LogP contribution in [-0.4, -0.2) is 66.1 Å². The molecule has 152 valence electrons. The predicted molar refractivity (Wildman–Crippen MR) is 106 cm³/mol. The van der Waals surface area contributed by atoms with Gasteiger partial charge in [-0.05, 0) is 18.6 Å². The summed E-state index contributed by atoms with van der Waals surface area (Å²) in [6.07, 6.45) is -0.0115. The Kier molecular flexibility index (Phi) is 8.83. The van der Waals surface area contributed by atoms with Crippen LogP contribution in [0.1, 0.15) is 6.42 Å². The maximum atomic E-state index is 13.4. The van der Waals surface area contributed by atoms with Crippen LogP contribution in [0.3, 0.4) is 0 Å². The van der Waals surface area contributed by atoms with Gasteiger partial charge in [0.1, 0.15) is 11.3 Å². The third-order valence-corrected chi connectivity index (χ3v) is 8.00. The van der Waals surface area contributed by atoms with E-state index in [2.05, 4.69) is 10.3 Å². The first-order chi connectivity index (χ1) is 12.9. The highest BCUT2D eigenvalue weighted by atomic mass is 35.5. The Hall–Kier alpha value is -0.853. The summed E-state index contributed by atoms with van der Waals surface area (Å²) in [5, 5.41) is 13.9. The molecule has 27 heavy (non-hydrogen) atoms. The summed E-state index contributed by atoms with van der Waals surface area (Å²) < 4.78 is 35.5. The van der Waals surface area contributed by atoms with E-state index < -0.39 is 20.7 Å². The van der Waals surface area contributed by atoms with Crippen molar-refractivity contribution in [2.75, 3.05) is 46.4 Å². The molecule has 2 N–H and O–H groups in total. The Morgan fingerprint density at radius 3 is 2.67 bits per heavy atom. The van der Waals surface area contributed by atoms with Gasteiger partial charge in [-0.3, -0.25) is 0 Å². The fourth-order valence-electron chi connectivity index (χ4n) is 2.46. The van der Waals surface area contributed by atoms with E-state index in [1.54, 1.807) is 21.3 Å². The molecule has 1 atom stereocenters. The summed E-state index contributed by atoms with van der Waals surface area (Å²) in [4.78, 5) is 4.31. The number of aromatic nitrogens is 1. The number of thiazole rings is 1. The Morgan fingerprint density at radius 1 is 1.30 bits per heavy atom. The van der Waals surface area contributed by atoms with E-state index in [0.717, 1.165) is 0 Å². The van der Waals surface area contributed by atoms with Crippen LogP contribution in [0.5, 0.6) is 0 Å². The number of hydrogen-bond acceptors (Lipinski definition) is 8. The molecule has 0 fully saturated rings. The molecule has 0 saturated carbocycles. The summed E-state index contributed by atoms with van der Waals surface area (Å²) in [7, 11) is 2.13. The third-order valence-electron chi connectivity index (χ3n) is 3.92. The van der Waals surface area contributed by atoms with Crippen molar-refractivity contribution < 1.29 is 27.5 Å². The molecule has 0 bridgehead atoms. The number of rotatable bonds is 12. The smallest absolute Gasteiger partial charge is 0.389 e. The molecular weight excluding hydrogens is 415 g/mol. The molecular formula is C16H24ClFN2O5SSi. The van der Waals surface area contributed by atoms with Gasteiger partial charge in [0.2, 0.25) is 0 Å². The van der Waals surface area contributed by atoms with Crippen LogP contribution in [0, 0.1) is 5.82 Å². The van der Waals surface area contributed by atoms with Crippen LogP contribution in [0.15, 0.2) is 12.1 Å². The lowest BCUT2D eigenvalue weighted by Gasteiger charge is -2.24. The summed E-state index contributed by atoms with van der Waals surface area (Å²) in [6, 6.07) is 3.24. The van der Waals surface area contributed by atoms with Gasteiger partial charge in [0, 0.05) is 40.5 Å². The van der Waals surface area contributed by atoms with Crippen molar-refractivity contribution in [3.8, 4) is 0 Å². The van der Waals surface area contributed by atoms with Crippen LogP contribution in [0.4, 0.5) is 9.52 Å². The number of ether oxygens (including phenoxy) is 1. The fraction of sp³-hybridized carbons (Fsp3) is 0.562. The Morgan fingerprint density at radius 2 is 2.00 bits per heavy atom. The van der Waals surface area contributed by atoms with E-state index >= 15 is 0 Å². The highest BCUT2D eigenvalue weighted by Gasteiger charge is 2.36. The number of nitrogens with zero attached hydrogens (tertiary/aromatic N) is 1. The fourth-order valence-corrected chi connectivity index (χ4v) is 5.38. The topological polar surface area (TPSA) is 82.1 Å². The molecule has 11 heteroatoms. The van der Waals surface area contributed by atoms with Crippen LogP contribution in [0.25, 0.3) is 10.2 Å². The Balaban J connectivity index is 1.71. The van der Waals surface area contributed by atoms with Gasteiger partial charge in [-0.1, -0.05) is 22.9 Å². The van der Waals surface area contributed by atoms with E-state index in [-0.39, 0.29) is 18.2 Å². The minimum atomic E-state index is -2.58. The van der Waals surface area contributed by atoms with Gasteiger partial charge in [0.25, 0.3) is 0 Å². The second-order valence-corrected chi connectivity index (χ2v) is 10.3. The second-order valence-electron chi connectivity index (χ2n) is 5.76. The molecule has 7 nitrogen and oxygen atoms in total. The first-order valence-corrected chi connectivity index (χ1v) is 11.5. The normalized spacial score (nSPS) is 13.3. The van der Waals surface area contributed by atoms with Crippen LogP contribution >= 0.6 is 22.9 Å². The van der Waals surface area contributed by atoms with Crippen molar-refractivity contribution in [3.63, 3.8) is 0 Å². The molecule has 0 spiro atoms. The zero-order valence-electron chi connectivity index (χ0n) is 15.5. The predicted octanol–water partition coefficient (Wildman–Crippen LogP) is 3.15. The van der Waals surface area contributed by atoms with Crippen LogP contribution in [0.2, 0.25) is 11.1 Å². The van der Waals surface area contributed by atoms with Crippen molar-refractivity contribution >= 4 is 47.1 Å². The molecule has 1 unspecified atom stereocenters. The summed E-state index contributed by atoms with van der Waals surface area (Å²) in [5.74, 6) is -0.404. The van der Waals surface area contributed by atoms with Crippen molar-refractivity contribution in [2.24, 2.45) is 0 Å². The number of anilines is 1.